The first-order valence-electron chi connectivity index (χ1n) is 5.86. The molecule has 0 fully saturated rings. The minimum atomic E-state index is -0.868. The second-order valence-corrected chi connectivity index (χ2v) is 5.45. The summed E-state index contributed by atoms with van der Waals surface area (Å²) in [5.41, 5.74) is 1.84. The number of carbonyl (C=O) groups is 1. The second-order valence-electron chi connectivity index (χ2n) is 4.28. The van der Waals surface area contributed by atoms with Gasteiger partial charge < -0.3 is 9.84 Å². The van der Waals surface area contributed by atoms with E-state index in [9.17, 15) is 9.90 Å². The molecule has 1 aromatic carbocycles. The number of carbonyl (C=O) groups excluding carboxylic acids is 1. The fourth-order valence-corrected chi connectivity index (χ4v) is 3.11. The third-order valence-electron chi connectivity index (χ3n) is 2.93. The van der Waals surface area contributed by atoms with Gasteiger partial charge in [-0.2, -0.15) is 0 Å². The molecule has 0 amide bonds. The van der Waals surface area contributed by atoms with Crippen molar-refractivity contribution in [3.8, 4) is 0 Å². The molecule has 0 spiro atoms. The Morgan fingerprint density at radius 2 is 2.28 bits per heavy atom. The van der Waals surface area contributed by atoms with Crippen molar-refractivity contribution in [2.24, 2.45) is 5.92 Å². The summed E-state index contributed by atoms with van der Waals surface area (Å²) < 4.78 is 4.99. The lowest BCUT2D eigenvalue weighted by Crippen LogP contribution is -2.28. The number of aliphatic hydroxyl groups excluding tert-OH is 1. The zero-order chi connectivity index (χ0) is 13.3. The van der Waals surface area contributed by atoms with E-state index < -0.39 is 18.0 Å². The maximum atomic E-state index is 11.9. The van der Waals surface area contributed by atoms with Crippen molar-refractivity contribution in [1.82, 2.24) is 0 Å². The van der Waals surface area contributed by atoms with Crippen LogP contribution < -0.4 is 0 Å². The van der Waals surface area contributed by atoms with E-state index in [1.165, 1.54) is 11.8 Å². The average Bonchev–Trinajstić information content (AvgIpc) is 2.31. The highest BCUT2D eigenvalue weighted by Gasteiger charge is 2.37. The topological polar surface area (TPSA) is 46.5 Å². The number of esters is 1. The van der Waals surface area contributed by atoms with Gasteiger partial charge in [-0.25, -0.2) is 0 Å². The molecule has 0 aromatic heterocycles. The van der Waals surface area contributed by atoms with Crippen LogP contribution in [-0.4, -0.2) is 17.7 Å². The maximum Gasteiger partial charge on any atom is 0.316 e. The highest BCUT2D eigenvalue weighted by atomic mass is 32.2. The van der Waals surface area contributed by atoms with E-state index in [4.69, 9.17) is 4.74 Å². The molecule has 2 unspecified atom stereocenters. The minimum absolute atomic E-state index is 0.306. The molecular weight excluding hydrogens is 248 g/mol. The monoisotopic (exact) mass is 264 g/mol. The Morgan fingerprint density at radius 1 is 1.56 bits per heavy atom. The third-order valence-corrected chi connectivity index (χ3v) is 4.04. The SMILES string of the molecule is C=C1Sc2ccc(C)cc2C(O)C1C(=O)OCC. The molecule has 1 N–H and O–H groups in total. The highest BCUT2D eigenvalue weighted by molar-refractivity contribution is 8.03. The van der Waals surface area contributed by atoms with Crippen LogP contribution in [0.5, 0.6) is 0 Å². The van der Waals surface area contributed by atoms with Gasteiger partial charge in [-0.3, -0.25) is 4.79 Å². The van der Waals surface area contributed by atoms with Gasteiger partial charge in [0, 0.05) is 4.90 Å². The molecule has 4 heteroatoms. The number of ether oxygens (including phenoxy) is 1. The molecule has 0 radical (unpaired) electrons. The van der Waals surface area contributed by atoms with Gasteiger partial charge in [-0.05, 0) is 30.4 Å². The first-order valence-corrected chi connectivity index (χ1v) is 6.68. The molecule has 0 aliphatic carbocycles. The van der Waals surface area contributed by atoms with Crippen molar-refractivity contribution < 1.29 is 14.6 Å². The van der Waals surface area contributed by atoms with Crippen LogP contribution in [0.4, 0.5) is 0 Å². The van der Waals surface area contributed by atoms with Crippen LogP contribution in [-0.2, 0) is 9.53 Å². The molecule has 1 aliphatic heterocycles. The number of aliphatic hydroxyl groups is 1. The van der Waals surface area contributed by atoms with Gasteiger partial charge in [-0.1, -0.05) is 36.0 Å². The summed E-state index contributed by atoms with van der Waals surface area (Å²) in [5.74, 6) is -1.08. The molecule has 0 saturated carbocycles. The van der Waals surface area contributed by atoms with Crippen molar-refractivity contribution in [2.45, 2.75) is 24.8 Å². The smallest absolute Gasteiger partial charge is 0.316 e. The number of hydrogen-bond donors (Lipinski definition) is 1. The van der Waals surface area contributed by atoms with Gasteiger partial charge in [-0.15, -0.1) is 0 Å². The fraction of sp³-hybridized carbons (Fsp3) is 0.357. The van der Waals surface area contributed by atoms with Crippen LogP contribution in [0.3, 0.4) is 0 Å². The Labute approximate surface area is 111 Å². The van der Waals surface area contributed by atoms with Crippen molar-refractivity contribution >= 4 is 17.7 Å². The van der Waals surface area contributed by atoms with E-state index in [-0.39, 0.29) is 0 Å². The predicted molar refractivity (Wildman–Crippen MR) is 71.3 cm³/mol. The molecule has 1 aromatic rings. The molecule has 1 heterocycles. The molecule has 3 nitrogen and oxygen atoms in total. The molecule has 1 aliphatic rings. The Morgan fingerprint density at radius 3 is 2.94 bits per heavy atom. The van der Waals surface area contributed by atoms with Gasteiger partial charge in [0.1, 0.15) is 5.92 Å². The van der Waals surface area contributed by atoms with Crippen molar-refractivity contribution in [2.75, 3.05) is 6.61 Å². The van der Waals surface area contributed by atoms with Crippen LogP contribution in [0.1, 0.15) is 24.2 Å². The largest absolute Gasteiger partial charge is 0.465 e. The van der Waals surface area contributed by atoms with E-state index in [0.29, 0.717) is 11.5 Å². The minimum Gasteiger partial charge on any atom is -0.465 e. The van der Waals surface area contributed by atoms with E-state index >= 15 is 0 Å². The molecule has 2 rings (SSSR count). The van der Waals surface area contributed by atoms with E-state index in [1.807, 2.05) is 25.1 Å². The zero-order valence-electron chi connectivity index (χ0n) is 10.5. The van der Waals surface area contributed by atoms with Gasteiger partial charge in [0.15, 0.2) is 0 Å². The fourth-order valence-electron chi connectivity index (χ4n) is 2.04. The van der Waals surface area contributed by atoms with Crippen molar-refractivity contribution in [1.29, 1.82) is 0 Å². The lowest BCUT2D eigenvalue weighted by molar-refractivity contribution is -0.150. The first-order chi connectivity index (χ1) is 8.54. The number of benzene rings is 1. The lowest BCUT2D eigenvalue weighted by atomic mass is 9.94. The number of thioether (sulfide) groups is 1. The Kier molecular flexibility index (Phi) is 3.78. The van der Waals surface area contributed by atoms with E-state index in [1.54, 1.807) is 6.92 Å². The van der Waals surface area contributed by atoms with Gasteiger partial charge in [0.2, 0.25) is 0 Å². The van der Waals surface area contributed by atoms with Crippen molar-refractivity contribution in [3.63, 3.8) is 0 Å². The Hall–Kier alpha value is -1.26. The molecular formula is C14H16O3S. The van der Waals surface area contributed by atoms with Crippen LogP contribution in [0.25, 0.3) is 0 Å². The van der Waals surface area contributed by atoms with Crippen LogP contribution in [0.15, 0.2) is 34.6 Å². The summed E-state index contributed by atoms with van der Waals surface area (Å²) in [6.45, 7) is 7.89. The van der Waals surface area contributed by atoms with Crippen molar-refractivity contribution in [3.05, 3.63) is 40.8 Å². The molecule has 96 valence electrons. The summed E-state index contributed by atoms with van der Waals surface area (Å²) in [6, 6.07) is 5.84. The molecule has 0 bridgehead atoms. The van der Waals surface area contributed by atoms with Gasteiger partial charge in [0.25, 0.3) is 0 Å². The Bertz CT molecular complexity index is 496. The van der Waals surface area contributed by atoms with Crippen LogP contribution in [0, 0.1) is 12.8 Å². The standard InChI is InChI=1S/C14H16O3S/c1-4-17-14(16)12-9(3)18-11-6-5-8(2)7-10(11)13(12)15/h5-7,12-13,15H,3-4H2,1-2H3. The van der Waals surface area contributed by atoms with Crippen LogP contribution in [0.2, 0.25) is 0 Å². The quantitative estimate of drug-likeness (QED) is 0.834. The number of hydrogen-bond acceptors (Lipinski definition) is 4. The van der Waals surface area contributed by atoms with Gasteiger partial charge >= 0.3 is 5.97 Å². The third kappa shape index (κ3) is 2.31. The van der Waals surface area contributed by atoms with E-state index in [0.717, 1.165) is 16.0 Å². The summed E-state index contributed by atoms with van der Waals surface area (Å²) in [5, 5.41) is 10.3. The maximum absolute atomic E-state index is 11.9. The average molecular weight is 264 g/mol. The summed E-state index contributed by atoms with van der Waals surface area (Å²) >= 11 is 1.43. The summed E-state index contributed by atoms with van der Waals surface area (Å²) in [6.07, 6.45) is -0.868. The first kappa shape index (κ1) is 13.2. The molecule has 2 atom stereocenters. The summed E-state index contributed by atoms with van der Waals surface area (Å²) in [4.78, 5) is 13.5. The predicted octanol–water partition coefficient (Wildman–Crippen LogP) is 2.83. The number of fused-ring (bicyclic) bond motifs is 1. The highest BCUT2D eigenvalue weighted by Crippen LogP contribution is 2.46. The van der Waals surface area contributed by atoms with Gasteiger partial charge in [0.05, 0.1) is 12.7 Å². The van der Waals surface area contributed by atoms with E-state index in [2.05, 4.69) is 6.58 Å². The number of aryl methyl sites for hydroxylation is 1. The lowest BCUT2D eigenvalue weighted by Gasteiger charge is -2.29. The molecule has 0 saturated heterocycles. The normalized spacial score (nSPS) is 22.5. The Balaban J connectivity index is 2.37. The van der Waals surface area contributed by atoms with Crippen LogP contribution >= 0.6 is 11.8 Å². The summed E-state index contributed by atoms with van der Waals surface area (Å²) in [7, 11) is 0. The zero-order valence-corrected chi connectivity index (χ0v) is 11.3. The molecule has 18 heavy (non-hydrogen) atoms. The number of rotatable bonds is 2. The second kappa shape index (κ2) is 5.16.